The van der Waals surface area contributed by atoms with Crippen LogP contribution >= 0.6 is 11.6 Å². The molecule has 1 aromatic carbocycles. The van der Waals surface area contributed by atoms with Crippen molar-refractivity contribution in [1.29, 1.82) is 0 Å². The molecule has 1 unspecified atom stereocenters. The highest BCUT2D eigenvalue weighted by Crippen LogP contribution is 2.27. The number of aromatic nitrogens is 2. The van der Waals surface area contributed by atoms with Crippen molar-refractivity contribution in [3.05, 3.63) is 46.4 Å². The number of halogens is 2. The largest absolute Gasteiger partial charge is 0.388 e. The minimum absolute atomic E-state index is 0.0269. The average molecular weight is 270 g/mol. The second-order valence-electron chi connectivity index (χ2n) is 4.04. The number of benzene rings is 1. The lowest BCUT2D eigenvalue weighted by Crippen LogP contribution is -2.06. The van der Waals surface area contributed by atoms with Gasteiger partial charge in [-0.25, -0.2) is 4.39 Å². The van der Waals surface area contributed by atoms with Gasteiger partial charge in [0.15, 0.2) is 0 Å². The predicted octanol–water partition coefficient (Wildman–Crippen LogP) is 2.07. The van der Waals surface area contributed by atoms with Crippen molar-refractivity contribution in [3.63, 3.8) is 0 Å². The Labute approximate surface area is 109 Å². The van der Waals surface area contributed by atoms with E-state index in [0.717, 1.165) is 0 Å². The number of hydrogen-bond acceptors (Lipinski definition) is 3. The molecule has 0 aliphatic heterocycles. The van der Waals surface area contributed by atoms with Crippen molar-refractivity contribution < 1.29 is 9.50 Å². The second kappa shape index (κ2) is 4.96. The molecule has 1 aromatic heterocycles. The third-order valence-electron chi connectivity index (χ3n) is 2.82. The van der Waals surface area contributed by atoms with Crippen LogP contribution in [0.4, 0.5) is 10.2 Å². The zero-order valence-corrected chi connectivity index (χ0v) is 10.5. The first-order valence-electron chi connectivity index (χ1n) is 5.39. The fourth-order valence-electron chi connectivity index (χ4n) is 1.75. The van der Waals surface area contributed by atoms with Crippen molar-refractivity contribution in [2.45, 2.75) is 12.5 Å². The highest BCUT2D eigenvalue weighted by Gasteiger charge is 2.17. The predicted molar refractivity (Wildman–Crippen MR) is 67.7 cm³/mol. The highest BCUT2D eigenvalue weighted by molar-refractivity contribution is 6.31. The summed E-state index contributed by atoms with van der Waals surface area (Å²) >= 11 is 5.83. The van der Waals surface area contributed by atoms with E-state index in [1.807, 2.05) is 0 Å². The number of nitrogens with two attached hydrogens (primary N) is 1. The molecular weight excluding hydrogens is 257 g/mol. The van der Waals surface area contributed by atoms with Crippen LogP contribution in [0, 0.1) is 5.82 Å². The molecule has 0 fully saturated rings. The minimum atomic E-state index is -0.863. The topological polar surface area (TPSA) is 64.1 Å². The number of hydrogen-bond donors (Lipinski definition) is 2. The van der Waals surface area contributed by atoms with Crippen molar-refractivity contribution in [3.8, 4) is 0 Å². The quantitative estimate of drug-likeness (QED) is 0.897. The second-order valence-corrected chi connectivity index (χ2v) is 4.42. The molecule has 3 N–H and O–H groups in total. The summed E-state index contributed by atoms with van der Waals surface area (Å²) in [6.07, 6.45) is 0.817. The van der Waals surface area contributed by atoms with Gasteiger partial charge in [0.25, 0.3) is 0 Å². The van der Waals surface area contributed by atoms with E-state index in [2.05, 4.69) is 5.10 Å². The molecule has 2 rings (SSSR count). The molecule has 1 heterocycles. The molecule has 4 nitrogen and oxygen atoms in total. The molecule has 0 saturated heterocycles. The molecule has 0 aliphatic rings. The Morgan fingerprint density at radius 2 is 2.28 bits per heavy atom. The SMILES string of the molecule is Cn1ncc(C(O)Cc2cccc(F)c2Cl)c1N. The first-order valence-corrected chi connectivity index (χ1v) is 5.76. The Balaban J connectivity index is 2.24. The smallest absolute Gasteiger partial charge is 0.142 e. The van der Waals surface area contributed by atoms with Crippen molar-refractivity contribution in [2.24, 2.45) is 7.05 Å². The summed E-state index contributed by atoms with van der Waals surface area (Å²) in [5.74, 6) is -0.115. The number of nitrogen functional groups attached to an aromatic ring is 1. The van der Waals surface area contributed by atoms with Crippen molar-refractivity contribution in [2.75, 3.05) is 5.73 Å². The Morgan fingerprint density at radius 1 is 1.56 bits per heavy atom. The summed E-state index contributed by atoms with van der Waals surface area (Å²) in [6, 6.07) is 4.49. The molecule has 0 radical (unpaired) electrons. The molecule has 0 aliphatic carbocycles. The molecular formula is C12H13ClFN3O. The van der Waals surface area contributed by atoms with E-state index in [-0.39, 0.29) is 11.4 Å². The van der Waals surface area contributed by atoms with E-state index in [9.17, 15) is 9.50 Å². The fraction of sp³-hybridized carbons (Fsp3) is 0.250. The molecule has 1 atom stereocenters. The van der Waals surface area contributed by atoms with Crippen LogP contribution < -0.4 is 5.73 Å². The molecule has 2 aromatic rings. The highest BCUT2D eigenvalue weighted by atomic mass is 35.5. The van der Waals surface area contributed by atoms with Crippen LogP contribution in [0.5, 0.6) is 0 Å². The zero-order chi connectivity index (χ0) is 13.3. The molecule has 18 heavy (non-hydrogen) atoms. The normalized spacial score (nSPS) is 12.7. The van der Waals surface area contributed by atoms with Crippen LogP contribution in [0.2, 0.25) is 5.02 Å². The van der Waals surface area contributed by atoms with Gasteiger partial charge in [0, 0.05) is 19.0 Å². The van der Waals surface area contributed by atoms with Crippen molar-refractivity contribution in [1.82, 2.24) is 9.78 Å². The van der Waals surface area contributed by atoms with Gasteiger partial charge < -0.3 is 10.8 Å². The Hall–Kier alpha value is -1.59. The number of aliphatic hydroxyl groups excluding tert-OH is 1. The Bertz CT molecular complexity index is 570. The lowest BCUT2D eigenvalue weighted by atomic mass is 10.0. The summed E-state index contributed by atoms with van der Waals surface area (Å²) in [6.45, 7) is 0. The molecule has 0 bridgehead atoms. The molecule has 96 valence electrons. The van der Waals surface area contributed by atoms with Crippen LogP contribution in [-0.2, 0) is 13.5 Å². The summed E-state index contributed by atoms with van der Waals surface area (Å²) in [7, 11) is 1.68. The number of nitrogens with zero attached hydrogens (tertiary/aromatic N) is 2. The van der Waals surface area contributed by atoms with Crippen LogP contribution in [0.1, 0.15) is 17.2 Å². The van der Waals surface area contributed by atoms with Crippen LogP contribution in [-0.4, -0.2) is 14.9 Å². The van der Waals surface area contributed by atoms with E-state index in [4.69, 9.17) is 17.3 Å². The monoisotopic (exact) mass is 269 g/mol. The van der Waals surface area contributed by atoms with Crippen LogP contribution in [0.3, 0.4) is 0 Å². The summed E-state index contributed by atoms with van der Waals surface area (Å²) < 4.78 is 14.7. The first kappa shape index (κ1) is 12.9. The third kappa shape index (κ3) is 2.32. The van der Waals surface area contributed by atoms with Gasteiger partial charge in [-0.3, -0.25) is 4.68 Å². The van der Waals surface area contributed by atoms with E-state index in [1.54, 1.807) is 19.2 Å². The van der Waals surface area contributed by atoms with E-state index < -0.39 is 11.9 Å². The maximum atomic E-state index is 13.3. The molecule has 6 heteroatoms. The van der Waals surface area contributed by atoms with Gasteiger partial charge in [0.1, 0.15) is 11.6 Å². The van der Waals surface area contributed by atoms with Crippen LogP contribution in [0.25, 0.3) is 0 Å². The first-order chi connectivity index (χ1) is 8.50. The number of aryl methyl sites for hydroxylation is 1. The van der Waals surface area contributed by atoms with Gasteiger partial charge in [-0.1, -0.05) is 23.7 Å². The van der Waals surface area contributed by atoms with Gasteiger partial charge in [-0.2, -0.15) is 5.10 Å². The average Bonchev–Trinajstić information content (AvgIpc) is 2.66. The van der Waals surface area contributed by atoms with E-state index in [1.165, 1.54) is 16.9 Å². The molecule has 0 spiro atoms. The minimum Gasteiger partial charge on any atom is -0.388 e. The lowest BCUT2D eigenvalue weighted by Gasteiger charge is -2.11. The van der Waals surface area contributed by atoms with Gasteiger partial charge in [0.05, 0.1) is 17.3 Å². The summed E-state index contributed by atoms with van der Waals surface area (Å²) in [5.41, 5.74) is 6.81. The van der Waals surface area contributed by atoms with Crippen molar-refractivity contribution >= 4 is 17.4 Å². The van der Waals surface area contributed by atoms with Gasteiger partial charge in [-0.15, -0.1) is 0 Å². The maximum Gasteiger partial charge on any atom is 0.142 e. The summed E-state index contributed by atoms with van der Waals surface area (Å²) in [5, 5.41) is 14.0. The number of rotatable bonds is 3. The van der Waals surface area contributed by atoms with Crippen LogP contribution in [0.15, 0.2) is 24.4 Å². The number of aliphatic hydroxyl groups is 1. The summed E-state index contributed by atoms with van der Waals surface area (Å²) in [4.78, 5) is 0. The molecule has 0 saturated carbocycles. The lowest BCUT2D eigenvalue weighted by molar-refractivity contribution is 0.179. The molecule has 0 amide bonds. The third-order valence-corrected chi connectivity index (χ3v) is 3.24. The van der Waals surface area contributed by atoms with E-state index in [0.29, 0.717) is 16.9 Å². The zero-order valence-electron chi connectivity index (χ0n) is 9.77. The Morgan fingerprint density at radius 3 is 2.89 bits per heavy atom. The fourth-order valence-corrected chi connectivity index (χ4v) is 1.95. The van der Waals surface area contributed by atoms with Gasteiger partial charge in [0.2, 0.25) is 0 Å². The van der Waals surface area contributed by atoms with Gasteiger partial charge in [-0.05, 0) is 11.6 Å². The van der Waals surface area contributed by atoms with E-state index >= 15 is 0 Å². The number of anilines is 1. The standard InChI is InChI=1S/C12H13ClFN3O/c1-17-12(15)8(6-16-17)10(18)5-7-3-2-4-9(14)11(7)13/h2-4,6,10,18H,5,15H2,1H3. The maximum absolute atomic E-state index is 13.3. The van der Waals surface area contributed by atoms with Gasteiger partial charge >= 0.3 is 0 Å². The Kier molecular flexibility index (Phi) is 3.54.